The molecule has 0 aromatic rings. The Bertz CT molecular complexity index is 230. The van der Waals surface area contributed by atoms with Gasteiger partial charge in [-0.3, -0.25) is 0 Å². The van der Waals surface area contributed by atoms with Gasteiger partial charge in [-0.2, -0.15) is 0 Å². The van der Waals surface area contributed by atoms with E-state index in [1.807, 2.05) is 0 Å². The van der Waals surface area contributed by atoms with E-state index in [2.05, 4.69) is 39.5 Å². The van der Waals surface area contributed by atoms with Crippen LogP contribution in [-0.4, -0.2) is 31.6 Å². The molecule has 3 rings (SSSR count). The van der Waals surface area contributed by atoms with E-state index in [1.54, 1.807) is 0 Å². The summed E-state index contributed by atoms with van der Waals surface area (Å²) >= 11 is 7.91. The van der Waals surface area contributed by atoms with Crippen molar-refractivity contribution in [1.29, 1.82) is 0 Å². The largest absolute Gasteiger partial charge is 0.392 e. The van der Waals surface area contributed by atoms with E-state index in [0.717, 1.165) is 18.3 Å². The molecule has 0 unspecified atom stereocenters. The molecule has 0 bridgehead atoms. The molecule has 74 valence electrons. The Morgan fingerprint density at radius 1 is 1.31 bits per heavy atom. The highest BCUT2D eigenvalue weighted by Crippen LogP contribution is 2.68. The molecule has 1 heterocycles. The molecule has 1 N–H and O–H groups in total. The van der Waals surface area contributed by atoms with Crippen LogP contribution in [0.1, 0.15) is 12.8 Å². The van der Waals surface area contributed by atoms with Gasteiger partial charge in [0.15, 0.2) is 0 Å². The summed E-state index contributed by atoms with van der Waals surface area (Å²) in [6, 6.07) is 0. The Balaban J connectivity index is 1.79. The number of halogens is 1. The van der Waals surface area contributed by atoms with E-state index < -0.39 is 0 Å². The Labute approximate surface area is 95.5 Å². The molecule has 0 aromatic heterocycles. The predicted octanol–water partition coefficient (Wildman–Crippen LogP) is 2.33. The lowest BCUT2D eigenvalue weighted by molar-refractivity contribution is 0.184. The van der Waals surface area contributed by atoms with Crippen molar-refractivity contribution in [2.75, 3.05) is 11.5 Å². The fourth-order valence-electron chi connectivity index (χ4n) is 2.95. The SMILES string of the molecule is O[C@H]1C[C@@H]2[C@@H](CC23SCCS3)[C@@H]1Br. The minimum absolute atomic E-state index is 0.0869. The fourth-order valence-corrected chi connectivity index (χ4v) is 7.51. The van der Waals surface area contributed by atoms with Gasteiger partial charge in [0.2, 0.25) is 0 Å². The van der Waals surface area contributed by atoms with Crippen LogP contribution < -0.4 is 0 Å². The first-order chi connectivity index (χ1) is 6.23. The first kappa shape index (κ1) is 9.37. The van der Waals surface area contributed by atoms with Gasteiger partial charge in [-0.25, -0.2) is 0 Å². The van der Waals surface area contributed by atoms with Crippen LogP contribution in [0.3, 0.4) is 0 Å². The minimum Gasteiger partial charge on any atom is -0.392 e. The highest BCUT2D eigenvalue weighted by Gasteiger charge is 2.62. The summed E-state index contributed by atoms with van der Waals surface area (Å²) in [4.78, 5) is 0.380. The summed E-state index contributed by atoms with van der Waals surface area (Å²) < 4.78 is 0.522. The number of hydrogen-bond donors (Lipinski definition) is 1. The summed E-state index contributed by atoms with van der Waals surface area (Å²) in [5, 5.41) is 9.76. The number of alkyl halides is 1. The van der Waals surface area contributed by atoms with Crippen molar-refractivity contribution in [1.82, 2.24) is 0 Å². The Morgan fingerprint density at radius 2 is 2.00 bits per heavy atom. The Hall–Kier alpha value is 1.14. The first-order valence-corrected chi connectivity index (χ1v) is 7.72. The molecule has 3 fully saturated rings. The van der Waals surface area contributed by atoms with Gasteiger partial charge in [-0.1, -0.05) is 15.9 Å². The van der Waals surface area contributed by atoms with Gasteiger partial charge in [-0.15, -0.1) is 23.5 Å². The number of hydrogen-bond acceptors (Lipinski definition) is 3. The van der Waals surface area contributed by atoms with Crippen molar-refractivity contribution in [3.63, 3.8) is 0 Å². The van der Waals surface area contributed by atoms with Crippen molar-refractivity contribution in [2.45, 2.75) is 27.9 Å². The average Bonchev–Trinajstić information content (AvgIpc) is 2.65. The molecule has 1 spiro atoms. The second kappa shape index (κ2) is 3.06. The van der Waals surface area contributed by atoms with Gasteiger partial charge in [0, 0.05) is 16.3 Å². The first-order valence-electron chi connectivity index (χ1n) is 4.83. The van der Waals surface area contributed by atoms with Crippen LogP contribution in [0, 0.1) is 11.8 Å². The third-order valence-corrected chi connectivity index (χ3v) is 8.64. The second-order valence-electron chi connectivity index (χ2n) is 4.23. The molecule has 4 atom stereocenters. The van der Waals surface area contributed by atoms with E-state index in [0.29, 0.717) is 8.91 Å². The van der Waals surface area contributed by atoms with E-state index in [9.17, 15) is 5.11 Å². The van der Waals surface area contributed by atoms with Crippen molar-refractivity contribution in [3.8, 4) is 0 Å². The van der Waals surface area contributed by atoms with Crippen LogP contribution in [0.15, 0.2) is 0 Å². The van der Waals surface area contributed by atoms with Crippen LogP contribution >= 0.6 is 39.5 Å². The summed E-state index contributed by atoms with van der Waals surface area (Å²) in [5.74, 6) is 4.17. The molecular weight excluding hydrogens is 268 g/mol. The summed E-state index contributed by atoms with van der Waals surface area (Å²) in [5.41, 5.74) is 0. The predicted molar refractivity (Wildman–Crippen MR) is 62.6 cm³/mol. The molecule has 1 saturated heterocycles. The maximum atomic E-state index is 9.76. The molecule has 13 heavy (non-hydrogen) atoms. The maximum Gasteiger partial charge on any atom is 0.0671 e. The lowest BCUT2D eigenvalue weighted by Crippen LogP contribution is -2.47. The fraction of sp³-hybridized carbons (Fsp3) is 1.00. The van der Waals surface area contributed by atoms with Gasteiger partial charge in [0.1, 0.15) is 0 Å². The molecule has 0 amide bonds. The average molecular weight is 281 g/mol. The summed E-state index contributed by atoms with van der Waals surface area (Å²) in [7, 11) is 0. The lowest BCUT2D eigenvalue weighted by atomic mass is 9.75. The minimum atomic E-state index is -0.0869. The van der Waals surface area contributed by atoms with E-state index in [1.165, 1.54) is 17.9 Å². The highest BCUT2D eigenvalue weighted by atomic mass is 79.9. The van der Waals surface area contributed by atoms with Gasteiger partial charge < -0.3 is 5.11 Å². The zero-order valence-electron chi connectivity index (χ0n) is 7.28. The van der Waals surface area contributed by atoms with Gasteiger partial charge in [-0.05, 0) is 24.7 Å². The Kier molecular flexibility index (Phi) is 2.21. The van der Waals surface area contributed by atoms with Crippen LogP contribution in [0.5, 0.6) is 0 Å². The summed E-state index contributed by atoms with van der Waals surface area (Å²) in [6.07, 6.45) is 2.26. The number of rotatable bonds is 0. The molecule has 2 aliphatic carbocycles. The lowest BCUT2D eigenvalue weighted by Gasteiger charge is -2.49. The van der Waals surface area contributed by atoms with Crippen molar-refractivity contribution in [3.05, 3.63) is 0 Å². The molecule has 0 radical (unpaired) electrons. The smallest absolute Gasteiger partial charge is 0.0671 e. The highest BCUT2D eigenvalue weighted by molar-refractivity contribution is 9.09. The maximum absolute atomic E-state index is 9.76. The molecule has 1 nitrogen and oxygen atoms in total. The normalized spacial score (nSPS) is 52.2. The molecular formula is C9H13BrOS2. The zero-order valence-corrected chi connectivity index (χ0v) is 10.5. The van der Waals surface area contributed by atoms with Gasteiger partial charge >= 0.3 is 0 Å². The molecule has 0 aromatic carbocycles. The van der Waals surface area contributed by atoms with Crippen molar-refractivity contribution >= 4 is 39.5 Å². The number of fused-ring (bicyclic) bond motifs is 2. The monoisotopic (exact) mass is 280 g/mol. The standard InChI is InChI=1S/C9H13BrOS2/c10-8-5-4-9(12-1-2-13-9)6(5)3-7(8)11/h5-8,11H,1-4H2/t5-,6-,7+,8+/m1/s1. The van der Waals surface area contributed by atoms with Crippen LogP contribution in [0.4, 0.5) is 0 Å². The van der Waals surface area contributed by atoms with Crippen molar-refractivity contribution < 1.29 is 5.11 Å². The van der Waals surface area contributed by atoms with Gasteiger partial charge in [0.25, 0.3) is 0 Å². The third kappa shape index (κ3) is 1.18. The quantitative estimate of drug-likeness (QED) is 0.688. The number of thioether (sulfide) groups is 2. The molecule has 3 aliphatic rings. The third-order valence-electron chi connectivity index (χ3n) is 3.65. The number of aliphatic hydroxyl groups excluding tert-OH is 1. The topological polar surface area (TPSA) is 20.2 Å². The number of aliphatic hydroxyl groups is 1. The zero-order chi connectivity index (χ0) is 9.05. The van der Waals surface area contributed by atoms with Crippen LogP contribution in [-0.2, 0) is 0 Å². The Morgan fingerprint density at radius 3 is 2.62 bits per heavy atom. The summed E-state index contributed by atoms with van der Waals surface area (Å²) in [6.45, 7) is 0. The van der Waals surface area contributed by atoms with Gasteiger partial charge in [0.05, 0.1) is 10.2 Å². The van der Waals surface area contributed by atoms with Crippen molar-refractivity contribution in [2.24, 2.45) is 11.8 Å². The molecule has 4 heteroatoms. The van der Waals surface area contributed by atoms with Crippen LogP contribution in [0.25, 0.3) is 0 Å². The molecule has 2 saturated carbocycles. The second-order valence-corrected chi connectivity index (χ2v) is 8.40. The van der Waals surface area contributed by atoms with E-state index in [4.69, 9.17) is 0 Å². The molecule has 1 aliphatic heterocycles. The van der Waals surface area contributed by atoms with E-state index in [-0.39, 0.29) is 6.10 Å². The van der Waals surface area contributed by atoms with Crippen LogP contribution in [0.2, 0.25) is 0 Å². The van der Waals surface area contributed by atoms with E-state index >= 15 is 0 Å².